The molecule has 53 valence electrons. The second-order valence-electron chi connectivity index (χ2n) is 0.891. The number of aliphatic hydroxyl groups is 1. The largest absolute Gasteiger partial charge is 0.396 e. The van der Waals surface area contributed by atoms with Gasteiger partial charge in [-0.25, -0.2) is 0 Å². The van der Waals surface area contributed by atoms with E-state index in [9.17, 15) is 0 Å². The number of nitrogens with two attached hydrogens (primary N) is 1. The molecule has 0 rings (SSSR count). The molecular weight excluding hydrogens is 238 g/mol. The first-order valence-corrected chi connectivity index (χ1v) is 3.20. The first-order valence-electron chi connectivity index (χ1n) is 1.80. The molecule has 0 heterocycles. The Morgan fingerprint density at radius 1 is 1.75 bits per heavy atom. The molecule has 0 aromatic heterocycles. The van der Waals surface area contributed by atoms with Gasteiger partial charge < -0.3 is 10.8 Å². The molecule has 0 fully saturated rings. The van der Waals surface area contributed by atoms with Crippen LogP contribution in [0.4, 0.5) is 0 Å². The molecule has 0 aromatic carbocycles. The summed E-state index contributed by atoms with van der Waals surface area (Å²) >= 11 is 5.78. The smallest absolute Gasteiger partial charge is 0.131 e. The van der Waals surface area contributed by atoms with Gasteiger partial charge in [-0.1, -0.05) is 24.0 Å². The molecule has 0 atom stereocenters. The fraction of sp³-hybridized carbons (Fsp3) is 0.667. The van der Waals surface area contributed by atoms with Crippen LogP contribution in [-0.2, 0) is 22.4 Å². The Bertz CT molecular complexity index is 70.3. The number of aliphatic hydroxyl groups excluding tert-OH is 1. The molecule has 1 radical (unpaired) electrons. The van der Waals surface area contributed by atoms with Gasteiger partial charge in [0, 0.05) is 28.1 Å². The van der Waals surface area contributed by atoms with E-state index in [1.807, 2.05) is 0 Å². The summed E-state index contributed by atoms with van der Waals surface area (Å²) < 4.78 is 0.397. The molecule has 5 heteroatoms. The number of thiocarbonyl (C=S) groups is 1. The first-order chi connectivity index (χ1) is 3.27. The predicted octanol–water partition coefficient (Wildman–Crippen LogP) is -0.0470. The zero-order chi connectivity index (χ0) is 5.70. The zero-order valence-electron chi connectivity index (χ0n) is 4.06. The van der Waals surface area contributed by atoms with Crippen LogP contribution < -0.4 is 5.73 Å². The maximum absolute atomic E-state index is 8.18. The molecule has 3 N–H and O–H groups in total. The van der Waals surface area contributed by atoms with Crippen LogP contribution in [0.2, 0.25) is 0 Å². The SMILES string of the molecule is NC(=S)SCCO.[Ag]. The molecular formula is C3H7AgNOS2. The van der Waals surface area contributed by atoms with Crippen molar-refractivity contribution in [1.82, 2.24) is 0 Å². The molecule has 0 bridgehead atoms. The van der Waals surface area contributed by atoms with Crippen LogP contribution >= 0.6 is 24.0 Å². The monoisotopic (exact) mass is 244 g/mol. The average molecular weight is 245 g/mol. The molecule has 0 saturated carbocycles. The molecule has 0 aliphatic heterocycles. The van der Waals surface area contributed by atoms with E-state index in [0.717, 1.165) is 0 Å². The Morgan fingerprint density at radius 3 is 2.38 bits per heavy atom. The van der Waals surface area contributed by atoms with E-state index in [4.69, 9.17) is 10.8 Å². The van der Waals surface area contributed by atoms with Gasteiger partial charge in [-0.05, 0) is 0 Å². The van der Waals surface area contributed by atoms with E-state index in [-0.39, 0.29) is 29.0 Å². The molecule has 0 aliphatic rings. The van der Waals surface area contributed by atoms with E-state index in [1.54, 1.807) is 0 Å². The third kappa shape index (κ3) is 10.0. The van der Waals surface area contributed by atoms with Gasteiger partial charge >= 0.3 is 0 Å². The summed E-state index contributed by atoms with van der Waals surface area (Å²) in [5.41, 5.74) is 5.06. The molecule has 0 aliphatic carbocycles. The number of rotatable bonds is 2. The van der Waals surface area contributed by atoms with Crippen molar-refractivity contribution in [3.63, 3.8) is 0 Å². The Hall–Kier alpha value is 0.940. The predicted molar refractivity (Wildman–Crippen MR) is 36.3 cm³/mol. The van der Waals surface area contributed by atoms with E-state index < -0.39 is 0 Å². The van der Waals surface area contributed by atoms with Crippen molar-refractivity contribution in [3.05, 3.63) is 0 Å². The fourth-order valence-corrected chi connectivity index (χ4v) is 0.689. The molecule has 0 aromatic rings. The van der Waals surface area contributed by atoms with Crippen molar-refractivity contribution < 1.29 is 27.5 Å². The molecule has 0 saturated heterocycles. The standard InChI is InChI=1S/C3H7NOS2.Ag/c4-3(6)7-2-1-5;/h5H,1-2H2,(H2,4,6);. The maximum Gasteiger partial charge on any atom is 0.131 e. The van der Waals surface area contributed by atoms with Crippen molar-refractivity contribution in [3.8, 4) is 0 Å². The molecule has 0 amide bonds. The summed E-state index contributed by atoms with van der Waals surface area (Å²) in [6, 6.07) is 0. The molecule has 0 spiro atoms. The number of hydrogen-bond acceptors (Lipinski definition) is 3. The maximum atomic E-state index is 8.18. The quantitative estimate of drug-likeness (QED) is 0.529. The van der Waals surface area contributed by atoms with Gasteiger partial charge in [0.25, 0.3) is 0 Å². The van der Waals surface area contributed by atoms with Crippen LogP contribution in [0.5, 0.6) is 0 Å². The normalized spacial score (nSPS) is 7.62. The number of hydrogen-bond donors (Lipinski definition) is 2. The van der Waals surface area contributed by atoms with Gasteiger partial charge in [-0.3, -0.25) is 0 Å². The summed E-state index contributed by atoms with van der Waals surface area (Å²) in [6.45, 7) is 0.141. The first kappa shape index (κ1) is 11.7. The minimum Gasteiger partial charge on any atom is -0.396 e. The Labute approximate surface area is 73.7 Å². The summed E-state index contributed by atoms with van der Waals surface area (Å²) in [6.07, 6.45) is 0. The van der Waals surface area contributed by atoms with Crippen LogP contribution in [0.3, 0.4) is 0 Å². The molecule has 8 heavy (non-hydrogen) atoms. The Kier molecular flexibility index (Phi) is 11.6. The van der Waals surface area contributed by atoms with E-state index in [0.29, 0.717) is 10.1 Å². The van der Waals surface area contributed by atoms with Crippen LogP contribution in [0.15, 0.2) is 0 Å². The van der Waals surface area contributed by atoms with Gasteiger partial charge in [0.15, 0.2) is 0 Å². The Balaban J connectivity index is 0. The van der Waals surface area contributed by atoms with Crippen molar-refractivity contribution in [2.75, 3.05) is 12.4 Å². The van der Waals surface area contributed by atoms with Crippen LogP contribution in [-0.4, -0.2) is 21.8 Å². The topological polar surface area (TPSA) is 46.2 Å². The summed E-state index contributed by atoms with van der Waals surface area (Å²) in [4.78, 5) is 0. The second-order valence-corrected chi connectivity index (χ2v) is 2.73. The summed E-state index contributed by atoms with van der Waals surface area (Å²) in [7, 11) is 0. The van der Waals surface area contributed by atoms with Crippen molar-refractivity contribution in [1.29, 1.82) is 0 Å². The van der Waals surface area contributed by atoms with Gasteiger partial charge in [0.05, 0.1) is 6.61 Å². The van der Waals surface area contributed by atoms with Gasteiger partial charge in [-0.15, -0.1) is 0 Å². The van der Waals surface area contributed by atoms with Crippen molar-refractivity contribution in [2.24, 2.45) is 5.73 Å². The minimum absolute atomic E-state index is 0. The van der Waals surface area contributed by atoms with E-state index >= 15 is 0 Å². The third-order valence-electron chi connectivity index (χ3n) is 0.336. The third-order valence-corrected chi connectivity index (χ3v) is 1.36. The summed E-state index contributed by atoms with van der Waals surface area (Å²) in [5, 5.41) is 8.18. The van der Waals surface area contributed by atoms with Crippen LogP contribution in [0.1, 0.15) is 0 Å². The van der Waals surface area contributed by atoms with Crippen molar-refractivity contribution in [2.45, 2.75) is 0 Å². The number of thioether (sulfide) groups is 1. The van der Waals surface area contributed by atoms with Gasteiger partial charge in [0.1, 0.15) is 4.32 Å². The van der Waals surface area contributed by atoms with Crippen LogP contribution in [0, 0.1) is 0 Å². The van der Waals surface area contributed by atoms with E-state index in [2.05, 4.69) is 12.2 Å². The second kappa shape index (κ2) is 7.94. The Morgan fingerprint density at radius 2 is 2.25 bits per heavy atom. The van der Waals surface area contributed by atoms with E-state index in [1.165, 1.54) is 11.8 Å². The van der Waals surface area contributed by atoms with Gasteiger partial charge in [0.2, 0.25) is 0 Å². The minimum atomic E-state index is 0. The molecule has 2 nitrogen and oxygen atoms in total. The fourth-order valence-electron chi connectivity index (χ4n) is 0.146. The van der Waals surface area contributed by atoms with Crippen molar-refractivity contribution >= 4 is 28.3 Å². The van der Waals surface area contributed by atoms with Crippen LogP contribution in [0.25, 0.3) is 0 Å². The summed E-state index contributed by atoms with van der Waals surface area (Å²) in [5.74, 6) is 0.606. The average Bonchev–Trinajstić information content (AvgIpc) is 1.61. The molecule has 0 unspecified atom stereocenters. The zero-order valence-corrected chi connectivity index (χ0v) is 7.17. The van der Waals surface area contributed by atoms with Gasteiger partial charge in [-0.2, -0.15) is 0 Å².